The van der Waals surface area contributed by atoms with Gasteiger partial charge in [0.05, 0.1) is 0 Å². The van der Waals surface area contributed by atoms with Crippen molar-refractivity contribution in [3.05, 3.63) is 378 Å². The fraction of sp³-hybridized carbons (Fsp3) is 0.434. The molecular formula is C145H151N3. The fourth-order valence-corrected chi connectivity index (χ4v) is 41.2. The van der Waals surface area contributed by atoms with Gasteiger partial charge >= 0.3 is 0 Å². The summed E-state index contributed by atoms with van der Waals surface area (Å²) < 4.78 is 0. The normalized spacial score (nSPS) is 34.1. The quantitative estimate of drug-likeness (QED) is 0.0848. The molecule has 24 bridgehead atoms. The van der Waals surface area contributed by atoms with Crippen molar-refractivity contribution in [2.24, 2.45) is 107 Å². The molecular weight excluding hydrogens is 1780 g/mol. The summed E-state index contributed by atoms with van der Waals surface area (Å²) in [5.74, 6) is 17.4. The zero-order valence-electron chi connectivity index (χ0n) is 87.9. The lowest BCUT2D eigenvalue weighted by atomic mass is 9.48. The Hall–Kier alpha value is -11.3. The average molecular weight is 1940 g/mol. The second kappa shape index (κ2) is 34.9. The molecule has 25 aliphatic carbocycles. The van der Waals surface area contributed by atoms with Gasteiger partial charge in [0, 0.05) is 56.6 Å². The number of fused-ring (bicyclic) bond motifs is 4. The molecule has 25 aliphatic rings. The molecule has 0 amide bonds. The molecule has 0 N–H and O–H groups in total. The molecule has 0 saturated heterocycles. The van der Waals surface area contributed by atoms with E-state index in [9.17, 15) is 0 Å². The second-order valence-corrected chi connectivity index (χ2v) is 55.0. The minimum Gasteiger partial charge on any atom is -0.311 e. The third kappa shape index (κ3) is 15.6. The summed E-state index contributed by atoms with van der Waals surface area (Å²) in [6.07, 6.45) is 52.6. The van der Waals surface area contributed by atoms with Crippen LogP contribution in [0.2, 0.25) is 0 Å². The van der Waals surface area contributed by atoms with Crippen molar-refractivity contribution in [1.29, 1.82) is 0 Å². The lowest BCUT2D eigenvalue weighted by Gasteiger charge is -2.57. The van der Waals surface area contributed by atoms with Crippen molar-refractivity contribution in [2.75, 3.05) is 14.7 Å². The molecule has 14 aromatic rings. The monoisotopic (exact) mass is 1930 g/mol. The molecule has 0 atom stereocenters. The van der Waals surface area contributed by atoms with Gasteiger partial charge in [-0.15, -0.1) is 0 Å². The molecule has 746 valence electrons. The van der Waals surface area contributed by atoms with Crippen molar-refractivity contribution >= 4 is 62.0 Å². The third-order valence-corrected chi connectivity index (χ3v) is 45.1. The first-order valence-electron chi connectivity index (χ1n) is 59.6. The highest BCUT2D eigenvalue weighted by Crippen LogP contribution is 2.69. The van der Waals surface area contributed by atoms with Gasteiger partial charge in [0.25, 0.3) is 0 Å². The first kappa shape index (κ1) is 90.6. The van der Waals surface area contributed by atoms with E-state index in [0.717, 1.165) is 107 Å². The maximum absolute atomic E-state index is 2.56. The van der Waals surface area contributed by atoms with Crippen LogP contribution in [0.3, 0.4) is 0 Å². The lowest BCUT2D eigenvalue weighted by Crippen LogP contribution is -2.48. The van der Waals surface area contributed by atoms with E-state index in [-0.39, 0.29) is 5.41 Å². The molecule has 0 spiro atoms. The molecule has 39 rings (SSSR count). The number of nitrogens with zero attached hydrogens (tertiary/aromatic N) is 3. The summed E-state index contributed by atoms with van der Waals surface area (Å²) in [6.45, 7) is 4.82. The molecule has 0 radical (unpaired) electrons. The summed E-state index contributed by atoms with van der Waals surface area (Å²) in [6, 6.07) is 130. The van der Waals surface area contributed by atoms with Gasteiger partial charge < -0.3 is 14.7 Å². The van der Waals surface area contributed by atoms with Gasteiger partial charge in [-0.1, -0.05) is 232 Å². The van der Waals surface area contributed by atoms with Crippen molar-refractivity contribution < 1.29 is 0 Å². The van der Waals surface area contributed by atoms with Crippen molar-refractivity contribution in [1.82, 2.24) is 0 Å². The standard InChI is InChI=1S/C50H51N.C48H49N.C47H51N/c1-2-4-40(5-3-1)41-6-8-42(9-7-41)43-10-16-46(17-11-43)51(47-18-12-44(13-19-47)49-28-34-22-35(29-49)24-36(23-34)30-49)48-20-14-45(15-21-48)50-31-37-25-38(32-50)27-39(26-37)33-50;1-2-4-40-25-41(6-5-38(40)3-1)39-7-13-44(14-8-39)49(45-15-9-42(10-16-45)47-26-32-19-33(27-47)21-34(20-32)28-47)46-17-11-43(12-18-46)48-29-35-22-36(30-48)24-37(23-35)31-48;1-45(2)43-6-4-3-5-41(43)42-16-15-40(23-44(42)45)48(38-11-7-36(8-12-38)46-24-30-17-31(25-46)19-32(18-30)26-46)39-13-9-37(10-14-39)47-27-33-20-34(28-47)22-35(21-33)29-47/h1-21,34-39H,22-33H2;1-18,25,32-37H,19-24,26-31H2;3-16,23,30-35H,17-22,24-29H2,1-2H3. The second-order valence-electron chi connectivity index (χ2n) is 55.0. The zero-order valence-corrected chi connectivity index (χ0v) is 87.9. The number of hydrogen-bond donors (Lipinski definition) is 0. The van der Waals surface area contributed by atoms with Crippen LogP contribution < -0.4 is 14.7 Å². The van der Waals surface area contributed by atoms with Gasteiger partial charge in [-0.3, -0.25) is 0 Å². The molecule has 14 aromatic carbocycles. The maximum Gasteiger partial charge on any atom is 0.0465 e. The van der Waals surface area contributed by atoms with E-state index >= 15 is 0 Å². The third-order valence-electron chi connectivity index (χ3n) is 45.1. The van der Waals surface area contributed by atoms with Crippen LogP contribution in [0.25, 0.3) is 55.3 Å². The SMILES string of the molecule is CC1(C)c2ccccc2-c2ccc(N(c3ccc(C45CC6CC(CC(C6)C4)C5)cc3)c3ccc(C45CC6CC(CC(C6)C4)C5)cc3)cc21.c1ccc(-c2ccc(-c3ccc(N(c4ccc(C56CC7CC(CC(C7)C5)C6)cc4)c4ccc(C56CC7CC(CC(C7)C5)C6)cc4)cc3)cc2)cc1.c1ccc2cc(-c3ccc(N(c4ccc(C56CC7CC(CC(C7)C5)C6)cc4)c4ccc(C56CC7CC(CC(C7)C5)C6)cc4)cc3)ccc2c1. The molecule has 24 fully saturated rings. The van der Waals surface area contributed by atoms with Gasteiger partial charge in [-0.2, -0.15) is 0 Å². The molecule has 0 heterocycles. The van der Waals surface area contributed by atoms with Crippen molar-refractivity contribution in [3.8, 4) is 44.5 Å². The van der Waals surface area contributed by atoms with E-state index in [4.69, 9.17) is 0 Å². The molecule has 24 saturated carbocycles. The van der Waals surface area contributed by atoms with Crippen LogP contribution in [0.5, 0.6) is 0 Å². The Kier molecular flexibility index (Phi) is 21.4. The van der Waals surface area contributed by atoms with Gasteiger partial charge in [0.2, 0.25) is 0 Å². The van der Waals surface area contributed by atoms with E-state index in [2.05, 4.69) is 362 Å². The minimum atomic E-state index is -0.0155. The van der Waals surface area contributed by atoms with Gasteiger partial charge in [0.1, 0.15) is 0 Å². The Balaban J connectivity index is 0.000000100. The molecule has 148 heavy (non-hydrogen) atoms. The van der Waals surface area contributed by atoms with Crippen molar-refractivity contribution in [3.63, 3.8) is 0 Å². The minimum absolute atomic E-state index is 0.0155. The molecule has 3 nitrogen and oxygen atoms in total. The van der Waals surface area contributed by atoms with E-state index in [0.29, 0.717) is 32.5 Å². The molecule has 0 unspecified atom stereocenters. The number of rotatable bonds is 18. The Morgan fingerprint density at radius 1 is 0.155 bits per heavy atom. The smallest absolute Gasteiger partial charge is 0.0465 e. The van der Waals surface area contributed by atoms with Gasteiger partial charge in [-0.25, -0.2) is 0 Å². The van der Waals surface area contributed by atoms with Gasteiger partial charge in [-0.05, 0) is 585 Å². The number of hydrogen-bond acceptors (Lipinski definition) is 3. The Bertz CT molecular complexity index is 6860. The summed E-state index contributed by atoms with van der Waals surface area (Å²) in [5.41, 5.74) is 36.9. The lowest BCUT2D eigenvalue weighted by molar-refractivity contribution is -0.00531. The van der Waals surface area contributed by atoms with Gasteiger partial charge in [0.15, 0.2) is 0 Å². The Morgan fingerprint density at radius 2 is 0.351 bits per heavy atom. The van der Waals surface area contributed by atoms with E-state index in [1.807, 2.05) is 0 Å². The highest BCUT2D eigenvalue weighted by Gasteiger charge is 2.59. The number of anilines is 9. The Morgan fingerprint density at radius 3 is 0.628 bits per heavy atom. The van der Waals surface area contributed by atoms with Crippen LogP contribution in [0.1, 0.15) is 290 Å². The van der Waals surface area contributed by atoms with E-state index in [1.54, 1.807) is 33.4 Å². The maximum atomic E-state index is 2.56. The summed E-state index contributed by atoms with van der Waals surface area (Å²) in [7, 11) is 0. The first-order valence-corrected chi connectivity index (χ1v) is 59.6. The van der Waals surface area contributed by atoms with Crippen LogP contribution in [0.15, 0.2) is 334 Å². The zero-order chi connectivity index (χ0) is 97.6. The molecule has 3 heteroatoms. The highest BCUT2D eigenvalue weighted by atomic mass is 15.2. The van der Waals surface area contributed by atoms with Crippen LogP contribution in [0.4, 0.5) is 51.2 Å². The fourth-order valence-electron chi connectivity index (χ4n) is 41.2. The van der Waals surface area contributed by atoms with Crippen LogP contribution >= 0.6 is 0 Å². The predicted molar refractivity (Wildman–Crippen MR) is 614 cm³/mol. The van der Waals surface area contributed by atoms with Crippen LogP contribution in [-0.2, 0) is 37.9 Å². The highest BCUT2D eigenvalue weighted by molar-refractivity contribution is 5.90. The molecule has 0 aliphatic heterocycles. The summed E-state index contributed by atoms with van der Waals surface area (Å²) >= 11 is 0. The summed E-state index contributed by atoms with van der Waals surface area (Å²) in [5, 5.41) is 2.59. The number of benzene rings is 14. The largest absolute Gasteiger partial charge is 0.311 e. The van der Waals surface area contributed by atoms with Crippen molar-refractivity contribution in [2.45, 2.75) is 283 Å². The van der Waals surface area contributed by atoms with E-state index in [1.165, 1.54) is 349 Å². The predicted octanol–water partition coefficient (Wildman–Crippen LogP) is 38.7. The average Bonchev–Trinajstić information content (AvgIpc) is 1.67. The topological polar surface area (TPSA) is 9.72 Å². The first-order chi connectivity index (χ1) is 72.5. The summed E-state index contributed by atoms with van der Waals surface area (Å²) in [4.78, 5) is 7.58. The van der Waals surface area contributed by atoms with E-state index < -0.39 is 0 Å². The van der Waals surface area contributed by atoms with Crippen LogP contribution in [0, 0.1) is 107 Å². The van der Waals surface area contributed by atoms with Crippen LogP contribution in [-0.4, -0.2) is 0 Å². The Labute approximate surface area is 882 Å². The molecule has 0 aromatic heterocycles.